The third-order valence-electron chi connectivity index (χ3n) is 5.75. The second-order valence-electron chi connectivity index (χ2n) is 8.88. The van der Waals surface area contributed by atoms with Crippen molar-refractivity contribution in [3.05, 3.63) is 64.8 Å². The summed E-state index contributed by atoms with van der Waals surface area (Å²) in [7, 11) is 0. The second kappa shape index (κ2) is 9.95. The standard InChI is InChI=1S/C25H25F3N4O6/c1-24(15-31-14-22(32(33)34)29-23(31)38-24)16-35-18-4-2-17(3-5-18)30-12-10-20(11-13-30)36-19-6-8-21(9-7-19)37-25(26,27)28/h2-9,14,20H,10-13,15-16H2,1H3/t24-/m1/s1/i10D2,11D2. The molecule has 0 N–H and O–H groups in total. The third kappa shape index (κ3) is 6.03. The molecular weight excluding hydrogens is 509 g/mol. The molecule has 0 unspecified atom stereocenters. The van der Waals surface area contributed by atoms with Gasteiger partial charge in [0.2, 0.25) is 0 Å². The van der Waals surface area contributed by atoms with Gasteiger partial charge in [0.05, 0.1) is 6.54 Å². The van der Waals surface area contributed by atoms with Gasteiger partial charge in [0.15, 0.2) is 5.60 Å². The summed E-state index contributed by atoms with van der Waals surface area (Å²) in [6, 6.07) is 11.1. The van der Waals surface area contributed by atoms with Crippen molar-refractivity contribution in [3.63, 3.8) is 0 Å². The summed E-state index contributed by atoms with van der Waals surface area (Å²) in [5.74, 6) is -0.312. The Morgan fingerprint density at radius 2 is 1.76 bits per heavy atom. The number of fused-ring (bicyclic) bond motifs is 1. The zero-order valence-electron chi connectivity index (χ0n) is 24.0. The number of aromatic nitrogens is 2. The van der Waals surface area contributed by atoms with Gasteiger partial charge in [-0.05, 0) is 60.4 Å². The number of imidazole rings is 1. The lowest BCUT2D eigenvalue weighted by Crippen LogP contribution is -2.38. The molecule has 1 aromatic heterocycles. The van der Waals surface area contributed by atoms with E-state index in [0.29, 0.717) is 18.0 Å². The summed E-state index contributed by atoms with van der Waals surface area (Å²) in [5.41, 5.74) is -0.270. The molecule has 3 aromatic rings. The summed E-state index contributed by atoms with van der Waals surface area (Å²) in [6.07, 6.45) is -9.46. The fraction of sp³-hybridized carbons (Fsp3) is 0.400. The van der Waals surface area contributed by atoms with Crippen LogP contribution in [0.2, 0.25) is 0 Å². The topological polar surface area (TPSA) is 101 Å². The first kappa shape index (κ1) is 20.8. The van der Waals surface area contributed by atoms with Crippen molar-refractivity contribution in [2.75, 3.05) is 24.6 Å². The molecule has 13 heteroatoms. The molecule has 0 bridgehead atoms. The van der Waals surface area contributed by atoms with Crippen LogP contribution >= 0.6 is 0 Å². The van der Waals surface area contributed by atoms with Crippen LogP contribution in [0.3, 0.4) is 0 Å². The van der Waals surface area contributed by atoms with Gasteiger partial charge in [0.1, 0.15) is 36.2 Å². The first-order valence-corrected chi connectivity index (χ1v) is 11.4. The van der Waals surface area contributed by atoms with E-state index in [4.69, 9.17) is 19.7 Å². The molecule has 5 rings (SSSR count). The van der Waals surface area contributed by atoms with Crippen molar-refractivity contribution in [1.29, 1.82) is 0 Å². The molecule has 1 saturated heterocycles. The quantitative estimate of drug-likeness (QED) is 0.293. The van der Waals surface area contributed by atoms with Gasteiger partial charge >= 0.3 is 18.2 Å². The summed E-state index contributed by atoms with van der Waals surface area (Å²) in [5, 5.41) is 10.9. The maximum atomic E-state index is 12.4. The van der Waals surface area contributed by atoms with Crippen LogP contribution in [-0.2, 0) is 6.54 Å². The number of hydrogen-bond acceptors (Lipinski definition) is 8. The van der Waals surface area contributed by atoms with Gasteiger partial charge in [0, 0.05) is 42.0 Å². The minimum atomic E-state index is -4.87. The van der Waals surface area contributed by atoms with Crippen LogP contribution in [0.25, 0.3) is 0 Å². The lowest BCUT2D eigenvalue weighted by Gasteiger charge is -2.33. The van der Waals surface area contributed by atoms with Crippen LogP contribution in [0.1, 0.15) is 25.2 Å². The zero-order valence-corrected chi connectivity index (χ0v) is 20.0. The average molecular weight is 539 g/mol. The zero-order chi connectivity index (χ0) is 30.5. The number of alkyl halides is 3. The van der Waals surface area contributed by atoms with E-state index in [1.54, 1.807) is 31.2 Å². The summed E-state index contributed by atoms with van der Waals surface area (Å²) < 4.78 is 94.0. The van der Waals surface area contributed by atoms with E-state index in [2.05, 4.69) is 9.72 Å². The Balaban J connectivity index is 1.19. The predicted octanol–water partition coefficient (Wildman–Crippen LogP) is 4.97. The monoisotopic (exact) mass is 538 g/mol. The highest BCUT2D eigenvalue weighted by molar-refractivity contribution is 5.49. The van der Waals surface area contributed by atoms with Crippen molar-refractivity contribution in [2.24, 2.45) is 0 Å². The van der Waals surface area contributed by atoms with E-state index in [1.807, 2.05) is 0 Å². The highest BCUT2D eigenvalue weighted by Crippen LogP contribution is 2.32. The molecule has 2 aliphatic heterocycles. The Labute approximate surface area is 221 Å². The van der Waals surface area contributed by atoms with Gasteiger partial charge in [-0.3, -0.25) is 4.57 Å². The number of piperidine rings is 1. The second-order valence-corrected chi connectivity index (χ2v) is 8.88. The van der Waals surface area contributed by atoms with Gasteiger partial charge in [-0.25, -0.2) is 0 Å². The minimum Gasteiger partial charge on any atom is -0.490 e. The third-order valence-corrected chi connectivity index (χ3v) is 5.75. The smallest absolute Gasteiger partial charge is 0.490 e. The molecule has 2 aromatic carbocycles. The Morgan fingerprint density at radius 1 is 1.13 bits per heavy atom. The van der Waals surface area contributed by atoms with Crippen molar-refractivity contribution < 1.29 is 42.5 Å². The Morgan fingerprint density at radius 3 is 2.37 bits per heavy atom. The molecule has 1 fully saturated rings. The lowest BCUT2D eigenvalue weighted by molar-refractivity contribution is -0.389. The van der Waals surface area contributed by atoms with E-state index < -0.39 is 41.5 Å². The molecule has 0 saturated carbocycles. The van der Waals surface area contributed by atoms with Crippen LogP contribution in [0.5, 0.6) is 23.3 Å². The van der Waals surface area contributed by atoms with Gasteiger partial charge in [0.25, 0.3) is 0 Å². The van der Waals surface area contributed by atoms with Gasteiger partial charge in [-0.15, -0.1) is 13.2 Å². The Bertz CT molecular complexity index is 1410. The molecule has 10 nitrogen and oxygen atoms in total. The van der Waals surface area contributed by atoms with E-state index in [9.17, 15) is 23.3 Å². The summed E-state index contributed by atoms with van der Waals surface area (Å²) in [4.78, 5) is 15.7. The first-order valence-electron chi connectivity index (χ1n) is 13.4. The summed E-state index contributed by atoms with van der Waals surface area (Å²) >= 11 is 0. The Hall–Kier alpha value is -4.16. The van der Waals surface area contributed by atoms with Crippen LogP contribution in [-0.4, -0.2) is 52.2 Å². The van der Waals surface area contributed by atoms with Crippen LogP contribution in [0.4, 0.5) is 24.7 Å². The van der Waals surface area contributed by atoms with E-state index in [1.165, 1.54) is 15.7 Å². The minimum absolute atomic E-state index is 0.00101. The van der Waals surface area contributed by atoms with E-state index >= 15 is 0 Å². The Kier molecular flexibility index (Phi) is 5.46. The maximum Gasteiger partial charge on any atom is 0.573 e. The molecule has 0 aliphatic carbocycles. The normalized spacial score (nSPS) is 23.7. The van der Waals surface area contributed by atoms with Crippen molar-refractivity contribution in [3.8, 4) is 23.3 Å². The number of hydrogen-bond donors (Lipinski definition) is 0. The molecule has 2 aliphatic rings. The van der Waals surface area contributed by atoms with Crippen molar-refractivity contribution >= 4 is 11.5 Å². The molecule has 0 spiro atoms. The number of nitrogens with zero attached hydrogens (tertiary/aromatic N) is 4. The number of halogens is 3. The number of ether oxygens (including phenoxy) is 4. The highest BCUT2D eigenvalue weighted by Gasteiger charge is 2.41. The number of nitro groups is 1. The van der Waals surface area contributed by atoms with Crippen LogP contribution in [0, 0.1) is 10.1 Å². The molecule has 38 heavy (non-hydrogen) atoms. The molecule has 1 atom stereocenters. The van der Waals surface area contributed by atoms with E-state index in [-0.39, 0.29) is 37.3 Å². The highest BCUT2D eigenvalue weighted by atomic mass is 19.4. The average Bonchev–Trinajstić information content (AvgIpc) is 3.40. The maximum absolute atomic E-state index is 12.4. The van der Waals surface area contributed by atoms with Gasteiger partial charge in [-0.1, -0.05) is 0 Å². The van der Waals surface area contributed by atoms with Crippen LogP contribution in [0.15, 0.2) is 54.7 Å². The number of benzene rings is 2. The predicted molar refractivity (Wildman–Crippen MR) is 129 cm³/mol. The molecule has 0 amide bonds. The molecule has 0 radical (unpaired) electrons. The SMILES string of the molecule is [2H]C1([2H])CN(c2ccc(OC[C@@]3(C)Cn4cc([N+](=O)[O-])nc4O3)cc2)CC([2H])([2H])C1Oc1ccc(OC(F)(F)F)cc1. The fourth-order valence-corrected chi connectivity index (χ4v) is 3.98. The molecular formula is C25H25F3N4O6. The first-order chi connectivity index (χ1) is 19.5. The van der Waals surface area contributed by atoms with Crippen molar-refractivity contribution in [2.45, 2.75) is 44.3 Å². The van der Waals surface area contributed by atoms with Crippen molar-refractivity contribution in [1.82, 2.24) is 9.55 Å². The van der Waals surface area contributed by atoms with Gasteiger partial charge in [-0.2, -0.15) is 0 Å². The number of rotatable bonds is 8. The fourth-order valence-electron chi connectivity index (χ4n) is 3.98. The molecule has 3 heterocycles. The summed E-state index contributed by atoms with van der Waals surface area (Å²) in [6.45, 7) is 1.77. The largest absolute Gasteiger partial charge is 0.573 e. The number of anilines is 1. The van der Waals surface area contributed by atoms with Gasteiger partial charge < -0.3 is 34.0 Å². The van der Waals surface area contributed by atoms with Crippen LogP contribution < -0.4 is 23.8 Å². The lowest BCUT2D eigenvalue weighted by atomic mass is 10.1. The van der Waals surface area contributed by atoms with E-state index in [0.717, 1.165) is 24.3 Å². The molecule has 202 valence electrons.